The van der Waals surface area contributed by atoms with Crippen LogP contribution in [0.25, 0.3) is 10.2 Å². The highest BCUT2D eigenvalue weighted by molar-refractivity contribution is 7.16. The van der Waals surface area contributed by atoms with Crippen molar-refractivity contribution in [2.75, 3.05) is 17.2 Å². The topological polar surface area (TPSA) is 124 Å². The molecule has 0 saturated heterocycles. The van der Waals surface area contributed by atoms with Crippen LogP contribution in [0.15, 0.2) is 89.5 Å². The van der Waals surface area contributed by atoms with Crippen LogP contribution in [-0.4, -0.2) is 42.5 Å². The molecule has 0 aromatic carbocycles. The summed E-state index contributed by atoms with van der Waals surface area (Å²) in [6.45, 7) is 2.72. The fourth-order valence-corrected chi connectivity index (χ4v) is 4.89. The number of fused-ring (bicyclic) bond motifs is 3. The third-order valence-electron chi connectivity index (χ3n) is 5.77. The lowest BCUT2D eigenvalue weighted by molar-refractivity contribution is -0.126. The van der Waals surface area contributed by atoms with Gasteiger partial charge in [-0.1, -0.05) is 12.1 Å². The number of amides is 1. The molecule has 2 aliphatic heterocycles. The van der Waals surface area contributed by atoms with E-state index in [2.05, 4.69) is 36.1 Å². The van der Waals surface area contributed by atoms with Crippen LogP contribution in [-0.2, 0) is 11.3 Å². The van der Waals surface area contributed by atoms with Crippen LogP contribution in [0.5, 0.6) is 0 Å². The number of hydrogen-bond acceptors (Lipinski definition) is 9. The molecule has 2 bridgehead atoms. The number of allylic oxidation sites excluding steroid dienone is 5. The average Bonchev–Trinajstić information content (AvgIpc) is 3.53. The van der Waals surface area contributed by atoms with E-state index in [9.17, 15) is 4.79 Å². The van der Waals surface area contributed by atoms with E-state index in [1.165, 1.54) is 11.3 Å². The second-order valence-corrected chi connectivity index (χ2v) is 9.43. The third kappa shape index (κ3) is 4.90. The highest BCUT2D eigenvalue weighted by Crippen LogP contribution is 2.31. The number of carbonyl (C=O) groups is 1. The number of pyridine rings is 1. The molecule has 2 aliphatic rings. The maximum atomic E-state index is 13.0. The maximum Gasteiger partial charge on any atom is 0.245 e. The molecule has 4 N–H and O–H groups in total. The molecular formula is C26H23N9OS. The molecule has 0 atom stereocenters. The largest absolute Gasteiger partial charge is 0.324 e. The molecule has 1 amide bonds. The molecule has 0 saturated carbocycles. The van der Waals surface area contributed by atoms with Gasteiger partial charge in [0.15, 0.2) is 5.82 Å². The van der Waals surface area contributed by atoms with Crippen LogP contribution >= 0.6 is 11.3 Å². The highest BCUT2D eigenvalue weighted by atomic mass is 32.1. The van der Waals surface area contributed by atoms with Crippen molar-refractivity contribution in [2.45, 2.75) is 13.5 Å². The molecule has 0 aliphatic carbocycles. The van der Waals surface area contributed by atoms with Crippen LogP contribution in [0.2, 0.25) is 0 Å². The molecular weight excluding hydrogens is 486 g/mol. The summed E-state index contributed by atoms with van der Waals surface area (Å²) >= 11 is 1.54. The number of aromatic amines is 1. The number of hydrogen-bond donors (Lipinski definition) is 4. The van der Waals surface area contributed by atoms with Crippen LogP contribution in [0.1, 0.15) is 11.3 Å². The summed E-state index contributed by atoms with van der Waals surface area (Å²) in [6.07, 6.45) is 13.1. The van der Waals surface area contributed by atoms with Gasteiger partial charge in [-0.05, 0) is 54.3 Å². The second-order valence-electron chi connectivity index (χ2n) is 8.53. The monoisotopic (exact) mass is 509 g/mol. The smallest absolute Gasteiger partial charge is 0.245 e. The summed E-state index contributed by atoms with van der Waals surface area (Å²) in [4.78, 5) is 29.1. The molecule has 0 radical (unpaired) electrons. The molecule has 4 aromatic rings. The van der Waals surface area contributed by atoms with Crippen molar-refractivity contribution >= 4 is 45.0 Å². The molecule has 184 valence electrons. The van der Waals surface area contributed by atoms with Crippen molar-refractivity contribution in [1.82, 2.24) is 35.4 Å². The van der Waals surface area contributed by atoms with Crippen molar-refractivity contribution < 1.29 is 4.79 Å². The third-order valence-corrected chi connectivity index (χ3v) is 6.57. The fourth-order valence-electron chi connectivity index (χ4n) is 4.12. The molecule has 0 fully saturated rings. The Morgan fingerprint density at radius 2 is 2.11 bits per heavy atom. The number of nitrogens with one attached hydrogen (secondary N) is 4. The number of carbonyl (C=O) groups excluding carboxylic acids is 1. The van der Waals surface area contributed by atoms with E-state index in [4.69, 9.17) is 4.98 Å². The van der Waals surface area contributed by atoms with Crippen molar-refractivity contribution in [3.63, 3.8) is 0 Å². The first-order valence-corrected chi connectivity index (χ1v) is 12.6. The Morgan fingerprint density at radius 1 is 1.16 bits per heavy atom. The van der Waals surface area contributed by atoms with Crippen LogP contribution in [0, 0.1) is 6.92 Å². The van der Waals surface area contributed by atoms with E-state index in [0.29, 0.717) is 24.1 Å². The summed E-state index contributed by atoms with van der Waals surface area (Å²) in [5.41, 5.74) is 4.32. The van der Waals surface area contributed by atoms with Gasteiger partial charge in [0.1, 0.15) is 10.6 Å². The van der Waals surface area contributed by atoms with E-state index in [1.54, 1.807) is 17.3 Å². The number of H-pyrrole nitrogens is 1. The molecule has 0 unspecified atom stereocenters. The van der Waals surface area contributed by atoms with E-state index in [1.807, 2.05) is 66.9 Å². The lowest BCUT2D eigenvalue weighted by Gasteiger charge is -2.31. The minimum atomic E-state index is -0.0434. The number of anilines is 3. The second kappa shape index (κ2) is 9.80. The standard InChI is InChI=1S/C26H23N9OS/c1-16-10-22(34-33-16)30-24-21-7-9-37-25(21)32-26(31-24)29-18-11-19-5-2-6-20(12-18)35(19)23(36)15-28-14-17-4-3-8-27-13-17/h2-13,28H,14-15H2,1H3,(H3,29,30,31,32,33,34). The Labute approximate surface area is 216 Å². The first-order valence-electron chi connectivity index (χ1n) is 11.7. The summed E-state index contributed by atoms with van der Waals surface area (Å²) in [7, 11) is 0. The molecule has 11 heteroatoms. The van der Waals surface area contributed by atoms with Gasteiger partial charge in [-0.3, -0.25) is 19.8 Å². The van der Waals surface area contributed by atoms with Gasteiger partial charge in [0, 0.05) is 36.4 Å². The van der Waals surface area contributed by atoms with Crippen LogP contribution < -0.4 is 16.0 Å². The first-order chi connectivity index (χ1) is 18.1. The van der Waals surface area contributed by atoms with Crippen molar-refractivity contribution in [1.29, 1.82) is 0 Å². The van der Waals surface area contributed by atoms with Gasteiger partial charge >= 0.3 is 0 Å². The zero-order chi connectivity index (χ0) is 25.2. The Morgan fingerprint density at radius 3 is 2.92 bits per heavy atom. The van der Waals surface area contributed by atoms with Gasteiger partial charge in [-0.2, -0.15) is 10.1 Å². The quantitative estimate of drug-likeness (QED) is 0.280. The Hall–Kier alpha value is -4.61. The van der Waals surface area contributed by atoms with Crippen molar-refractivity contribution in [2.24, 2.45) is 0 Å². The molecule has 10 nitrogen and oxygen atoms in total. The lowest BCUT2D eigenvalue weighted by atomic mass is 10.1. The minimum Gasteiger partial charge on any atom is -0.324 e. The predicted molar refractivity (Wildman–Crippen MR) is 144 cm³/mol. The number of nitrogens with zero attached hydrogens (tertiary/aromatic N) is 5. The summed E-state index contributed by atoms with van der Waals surface area (Å²) in [6, 6.07) is 7.75. The average molecular weight is 510 g/mol. The van der Waals surface area contributed by atoms with Gasteiger partial charge in [0.2, 0.25) is 11.9 Å². The van der Waals surface area contributed by atoms with Gasteiger partial charge in [0.25, 0.3) is 0 Å². The number of aryl methyl sites for hydroxylation is 1. The van der Waals surface area contributed by atoms with Gasteiger partial charge in [-0.25, -0.2) is 4.98 Å². The summed E-state index contributed by atoms with van der Waals surface area (Å²) in [5.74, 6) is 1.76. The fraction of sp³-hybridized carbons (Fsp3) is 0.115. The normalized spacial score (nSPS) is 14.3. The van der Waals surface area contributed by atoms with E-state index < -0.39 is 0 Å². The lowest BCUT2D eigenvalue weighted by Crippen LogP contribution is -2.38. The summed E-state index contributed by atoms with van der Waals surface area (Å²) in [5, 5.41) is 19.9. The first kappa shape index (κ1) is 22.8. The molecule has 6 rings (SSSR count). The zero-order valence-corrected chi connectivity index (χ0v) is 20.7. The molecule has 37 heavy (non-hydrogen) atoms. The Bertz CT molecular complexity index is 1590. The van der Waals surface area contributed by atoms with E-state index in [-0.39, 0.29) is 12.5 Å². The van der Waals surface area contributed by atoms with Crippen LogP contribution in [0.3, 0.4) is 0 Å². The molecule has 0 spiro atoms. The van der Waals surface area contributed by atoms with Gasteiger partial charge in [0.05, 0.1) is 23.3 Å². The van der Waals surface area contributed by atoms with E-state index in [0.717, 1.165) is 38.6 Å². The Balaban J connectivity index is 1.18. The molecule has 6 heterocycles. The van der Waals surface area contributed by atoms with Gasteiger partial charge in [-0.15, -0.1) is 11.3 Å². The molecule has 4 aromatic heterocycles. The maximum absolute atomic E-state index is 13.0. The highest BCUT2D eigenvalue weighted by Gasteiger charge is 2.25. The van der Waals surface area contributed by atoms with Crippen molar-refractivity contribution in [3.05, 3.63) is 101 Å². The zero-order valence-electron chi connectivity index (χ0n) is 19.9. The predicted octanol–water partition coefficient (Wildman–Crippen LogP) is 4.13. The Kier molecular flexibility index (Phi) is 6.05. The number of rotatable bonds is 8. The number of aromatic nitrogens is 5. The van der Waals surface area contributed by atoms with Crippen molar-refractivity contribution in [3.8, 4) is 0 Å². The van der Waals surface area contributed by atoms with Crippen LogP contribution in [0.4, 0.5) is 17.6 Å². The van der Waals surface area contributed by atoms with E-state index >= 15 is 0 Å². The summed E-state index contributed by atoms with van der Waals surface area (Å²) < 4.78 is 0. The minimum absolute atomic E-state index is 0.0434. The number of thiophene rings is 1. The SMILES string of the molecule is Cc1cc(Nc2nc(NC3=CC4=CC=CC(=C3)N4C(=O)CNCc3cccnc3)nc3sccc23)n[nH]1. The van der Waals surface area contributed by atoms with Gasteiger partial charge < -0.3 is 16.0 Å².